The van der Waals surface area contributed by atoms with Gasteiger partial charge in [0.1, 0.15) is 0 Å². The molecule has 0 amide bonds. The average Bonchev–Trinajstić information content (AvgIpc) is 2.46. The molecule has 0 fully saturated rings. The van der Waals surface area contributed by atoms with E-state index in [2.05, 4.69) is 20.3 Å². The number of hydrogen-bond acceptors (Lipinski definition) is 5. The Labute approximate surface area is 121 Å². The SMILES string of the molecule is Cc1cccc(CNc2cc3nc[nH]c(=O)c3cc2N)n1. The fraction of sp³-hybridized carbons (Fsp3) is 0.133. The van der Waals surface area contributed by atoms with E-state index in [0.717, 1.165) is 17.1 Å². The highest BCUT2D eigenvalue weighted by molar-refractivity contribution is 5.88. The lowest BCUT2D eigenvalue weighted by Crippen LogP contribution is -2.09. The van der Waals surface area contributed by atoms with Crippen LogP contribution in [0.1, 0.15) is 11.4 Å². The largest absolute Gasteiger partial charge is 0.397 e. The summed E-state index contributed by atoms with van der Waals surface area (Å²) in [5.74, 6) is 0. The molecule has 6 heteroatoms. The Kier molecular flexibility index (Phi) is 3.27. The normalized spacial score (nSPS) is 10.7. The zero-order valence-corrected chi connectivity index (χ0v) is 11.6. The lowest BCUT2D eigenvalue weighted by molar-refractivity contribution is 1.02. The number of pyridine rings is 1. The molecule has 0 aliphatic heterocycles. The first-order valence-corrected chi connectivity index (χ1v) is 6.57. The molecule has 0 radical (unpaired) electrons. The molecule has 4 N–H and O–H groups in total. The van der Waals surface area contributed by atoms with Gasteiger partial charge in [-0.2, -0.15) is 0 Å². The van der Waals surface area contributed by atoms with Crippen molar-refractivity contribution in [2.75, 3.05) is 11.1 Å². The lowest BCUT2D eigenvalue weighted by atomic mass is 10.2. The van der Waals surface area contributed by atoms with Crippen molar-refractivity contribution in [3.63, 3.8) is 0 Å². The van der Waals surface area contributed by atoms with Crippen molar-refractivity contribution in [2.24, 2.45) is 0 Å². The third-order valence-corrected chi connectivity index (χ3v) is 3.22. The highest BCUT2D eigenvalue weighted by Crippen LogP contribution is 2.23. The van der Waals surface area contributed by atoms with Gasteiger partial charge in [-0.25, -0.2) is 4.98 Å². The van der Waals surface area contributed by atoms with Crippen molar-refractivity contribution in [3.8, 4) is 0 Å². The number of aromatic amines is 1. The topological polar surface area (TPSA) is 96.7 Å². The second-order valence-electron chi connectivity index (χ2n) is 4.81. The molecule has 0 aliphatic carbocycles. The molecule has 0 spiro atoms. The first-order valence-electron chi connectivity index (χ1n) is 6.57. The average molecular weight is 281 g/mol. The first kappa shape index (κ1) is 13.1. The molecule has 106 valence electrons. The van der Waals surface area contributed by atoms with E-state index in [0.29, 0.717) is 23.1 Å². The smallest absolute Gasteiger partial charge is 0.258 e. The van der Waals surface area contributed by atoms with E-state index in [1.807, 2.05) is 25.1 Å². The van der Waals surface area contributed by atoms with E-state index >= 15 is 0 Å². The summed E-state index contributed by atoms with van der Waals surface area (Å²) in [7, 11) is 0. The summed E-state index contributed by atoms with van der Waals surface area (Å²) >= 11 is 0. The molecule has 6 nitrogen and oxygen atoms in total. The van der Waals surface area contributed by atoms with Crippen LogP contribution in [0.5, 0.6) is 0 Å². The van der Waals surface area contributed by atoms with Gasteiger partial charge in [0.25, 0.3) is 5.56 Å². The van der Waals surface area contributed by atoms with E-state index in [-0.39, 0.29) is 5.56 Å². The van der Waals surface area contributed by atoms with Gasteiger partial charge in [0, 0.05) is 5.69 Å². The molecule has 0 bridgehead atoms. The molecule has 2 heterocycles. The second-order valence-corrected chi connectivity index (χ2v) is 4.81. The molecule has 0 saturated heterocycles. The van der Waals surface area contributed by atoms with Crippen LogP contribution in [0.25, 0.3) is 10.9 Å². The third kappa shape index (κ3) is 2.69. The summed E-state index contributed by atoms with van der Waals surface area (Å²) in [6.45, 7) is 2.50. The molecular weight excluding hydrogens is 266 g/mol. The number of nitrogens with two attached hydrogens (primary N) is 1. The summed E-state index contributed by atoms with van der Waals surface area (Å²) in [6.07, 6.45) is 1.38. The molecule has 3 rings (SSSR count). The van der Waals surface area contributed by atoms with Crippen LogP contribution in [-0.4, -0.2) is 15.0 Å². The zero-order chi connectivity index (χ0) is 14.8. The minimum absolute atomic E-state index is 0.196. The van der Waals surface area contributed by atoms with Gasteiger partial charge in [0.2, 0.25) is 0 Å². The highest BCUT2D eigenvalue weighted by atomic mass is 16.1. The number of benzene rings is 1. The Morgan fingerprint density at radius 3 is 3.00 bits per heavy atom. The van der Waals surface area contributed by atoms with Crippen molar-refractivity contribution in [1.29, 1.82) is 0 Å². The Balaban J connectivity index is 1.90. The Morgan fingerprint density at radius 1 is 1.33 bits per heavy atom. The van der Waals surface area contributed by atoms with E-state index in [1.54, 1.807) is 12.1 Å². The third-order valence-electron chi connectivity index (χ3n) is 3.22. The minimum Gasteiger partial charge on any atom is -0.397 e. The van der Waals surface area contributed by atoms with Crippen LogP contribution in [0.15, 0.2) is 41.5 Å². The van der Waals surface area contributed by atoms with Crippen LogP contribution in [0.3, 0.4) is 0 Å². The predicted octanol–water partition coefficient (Wildman–Crippen LogP) is 1.82. The number of nitrogen functional groups attached to an aromatic ring is 1. The molecule has 0 atom stereocenters. The molecular formula is C15H15N5O. The van der Waals surface area contributed by atoms with Gasteiger partial charge in [0.05, 0.1) is 40.8 Å². The Bertz CT molecular complexity index is 856. The molecule has 1 aromatic carbocycles. The summed E-state index contributed by atoms with van der Waals surface area (Å²) in [4.78, 5) is 22.8. The number of H-pyrrole nitrogens is 1. The summed E-state index contributed by atoms with van der Waals surface area (Å²) in [6, 6.07) is 9.26. The maximum Gasteiger partial charge on any atom is 0.258 e. The van der Waals surface area contributed by atoms with Gasteiger partial charge in [-0.1, -0.05) is 6.07 Å². The molecule has 21 heavy (non-hydrogen) atoms. The second kappa shape index (κ2) is 5.24. The van der Waals surface area contributed by atoms with Gasteiger partial charge in [-0.15, -0.1) is 0 Å². The maximum absolute atomic E-state index is 11.7. The van der Waals surface area contributed by atoms with Crippen LogP contribution in [0.2, 0.25) is 0 Å². The van der Waals surface area contributed by atoms with Crippen molar-refractivity contribution >= 4 is 22.3 Å². The predicted molar refractivity (Wildman–Crippen MR) is 83.1 cm³/mol. The van der Waals surface area contributed by atoms with E-state index in [9.17, 15) is 4.79 Å². The standard InChI is InChI=1S/C15H15N5O/c1-9-3-2-4-10(20-9)7-17-14-6-13-11(5-12(14)16)15(21)19-8-18-13/h2-6,8,17H,7,16H2,1H3,(H,18,19,21). The fourth-order valence-electron chi connectivity index (χ4n) is 2.17. The van der Waals surface area contributed by atoms with Crippen molar-refractivity contribution < 1.29 is 0 Å². The summed E-state index contributed by atoms with van der Waals surface area (Å²) < 4.78 is 0. The highest BCUT2D eigenvalue weighted by Gasteiger charge is 2.06. The fourth-order valence-corrected chi connectivity index (χ4v) is 2.17. The van der Waals surface area contributed by atoms with Crippen LogP contribution in [-0.2, 0) is 6.54 Å². The van der Waals surface area contributed by atoms with Crippen LogP contribution >= 0.6 is 0 Å². The van der Waals surface area contributed by atoms with Gasteiger partial charge < -0.3 is 16.0 Å². The number of fused-ring (bicyclic) bond motifs is 1. The van der Waals surface area contributed by atoms with E-state index in [1.165, 1.54) is 6.33 Å². The number of aryl methyl sites for hydroxylation is 1. The van der Waals surface area contributed by atoms with E-state index < -0.39 is 0 Å². The molecule has 0 saturated carbocycles. The van der Waals surface area contributed by atoms with Crippen LogP contribution in [0.4, 0.5) is 11.4 Å². The summed E-state index contributed by atoms with van der Waals surface area (Å²) in [5, 5.41) is 3.71. The van der Waals surface area contributed by atoms with Gasteiger partial charge in [-0.05, 0) is 31.2 Å². The zero-order valence-electron chi connectivity index (χ0n) is 11.6. The lowest BCUT2D eigenvalue weighted by Gasteiger charge is -2.10. The monoisotopic (exact) mass is 281 g/mol. The summed E-state index contributed by atoms with van der Waals surface area (Å²) in [5.41, 5.74) is 9.53. The van der Waals surface area contributed by atoms with Crippen molar-refractivity contribution in [1.82, 2.24) is 15.0 Å². The van der Waals surface area contributed by atoms with Crippen molar-refractivity contribution in [2.45, 2.75) is 13.5 Å². The molecule has 2 aromatic heterocycles. The number of aromatic nitrogens is 3. The first-order chi connectivity index (χ1) is 10.1. The number of hydrogen-bond donors (Lipinski definition) is 3. The van der Waals surface area contributed by atoms with Gasteiger partial charge in [0.15, 0.2) is 0 Å². The molecule has 3 aromatic rings. The van der Waals surface area contributed by atoms with E-state index in [4.69, 9.17) is 5.73 Å². The maximum atomic E-state index is 11.7. The van der Waals surface area contributed by atoms with Crippen molar-refractivity contribution in [3.05, 3.63) is 58.4 Å². The van der Waals surface area contributed by atoms with Crippen LogP contribution < -0.4 is 16.6 Å². The van der Waals surface area contributed by atoms with Gasteiger partial charge in [-0.3, -0.25) is 9.78 Å². The number of nitrogens with zero attached hydrogens (tertiary/aromatic N) is 2. The number of anilines is 2. The number of rotatable bonds is 3. The molecule has 0 unspecified atom stereocenters. The van der Waals surface area contributed by atoms with Crippen LogP contribution in [0, 0.1) is 6.92 Å². The minimum atomic E-state index is -0.196. The number of nitrogens with one attached hydrogen (secondary N) is 2. The Morgan fingerprint density at radius 2 is 2.19 bits per heavy atom. The molecule has 0 aliphatic rings. The quantitative estimate of drug-likeness (QED) is 0.636. The van der Waals surface area contributed by atoms with Gasteiger partial charge >= 0.3 is 0 Å². The Hall–Kier alpha value is -2.89.